The largest absolute Gasteiger partial charge is 0.444 e. The van der Waals surface area contributed by atoms with Gasteiger partial charge in [0.1, 0.15) is 5.60 Å². The van der Waals surface area contributed by atoms with Crippen LogP contribution in [0.2, 0.25) is 0 Å². The fourth-order valence-electron chi connectivity index (χ4n) is 2.10. The predicted octanol–water partition coefficient (Wildman–Crippen LogP) is 3.63. The minimum absolute atomic E-state index is 0.174. The van der Waals surface area contributed by atoms with Gasteiger partial charge in [-0.3, -0.25) is 4.98 Å². The Morgan fingerprint density at radius 3 is 3.05 bits per heavy atom. The molecule has 1 atom stereocenters. The van der Waals surface area contributed by atoms with E-state index >= 15 is 0 Å². The van der Waals surface area contributed by atoms with Crippen molar-refractivity contribution < 1.29 is 9.53 Å². The van der Waals surface area contributed by atoms with Gasteiger partial charge >= 0.3 is 6.09 Å². The maximum absolute atomic E-state index is 12.0. The Hall–Kier alpha value is -0.750. The summed E-state index contributed by atoms with van der Waals surface area (Å²) in [6.45, 7) is 7.36. The highest BCUT2D eigenvalue weighted by atomic mass is 32.2. The summed E-state index contributed by atoms with van der Waals surface area (Å²) in [7, 11) is 0. The lowest BCUT2D eigenvalue weighted by Crippen LogP contribution is -2.35. The van der Waals surface area contributed by atoms with Crippen LogP contribution in [0, 0.1) is 5.92 Å². The van der Waals surface area contributed by atoms with Gasteiger partial charge in [-0.25, -0.2) is 4.79 Å². The molecule has 1 aliphatic heterocycles. The first-order chi connectivity index (χ1) is 9.44. The van der Waals surface area contributed by atoms with Crippen LogP contribution in [-0.2, 0) is 10.5 Å². The number of hydrogen-bond acceptors (Lipinski definition) is 5. The average molecular weight is 314 g/mol. The molecule has 0 aromatic carbocycles. The molecule has 0 N–H and O–H groups in total. The first kappa shape index (κ1) is 15.6. The average Bonchev–Trinajstić information content (AvgIpc) is 2.97. The van der Waals surface area contributed by atoms with Crippen LogP contribution in [0.15, 0.2) is 11.7 Å². The zero-order chi connectivity index (χ0) is 14.6. The smallest absolute Gasteiger partial charge is 0.410 e. The summed E-state index contributed by atoms with van der Waals surface area (Å²) in [6.07, 6.45) is 2.83. The molecule has 0 saturated carbocycles. The number of nitrogens with zero attached hydrogens (tertiary/aromatic N) is 2. The van der Waals surface area contributed by atoms with E-state index in [1.807, 2.05) is 49.1 Å². The Labute approximate surface area is 128 Å². The molecular formula is C14H22N2O2S2. The molecule has 1 aromatic heterocycles. The van der Waals surface area contributed by atoms with Crippen molar-refractivity contribution in [3.05, 3.63) is 16.6 Å². The van der Waals surface area contributed by atoms with Gasteiger partial charge in [0.15, 0.2) is 0 Å². The van der Waals surface area contributed by atoms with Gasteiger partial charge in [-0.15, -0.1) is 11.3 Å². The van der Waals surface area contributed by atoms with E-state index in [4.69, 9.17) is 4.74 Å². The standard InChI is InChI=1S/C14H22N2O2S2/c1-14(2,3)18-13(17)16-5-4-11(7-16)8-19-9-12-6-15-10-20-12/h6,10-11H,4-5,7-9H2,1-3H3/t11-/m0/s1. The first-order valence-corrected chi connectivity index (χ1v) is 8.90. The highest BCUT2D eigenvalue weighted by Crippen LogP contribution is 2.25. The molecule has 1 fully saturated rings. The highest BCUT2D eigenvalue weighted by molar-refractivity contribution is 7.98. The normalized spacial score (nSPS) is 19.4. The summed E-state index contributed by atoms with van der Waals surface area (Å²) in [4.78, 5) is 19.2. The van der Waals surface area contributed by atoms with Crippen molar-refractivity contribution >= 4 is 29.2 Å². The topological polar surface area (TPSA) is 42.4 Å². The molecule has 1 aromatic rings. The second-order valence-corrected chi connectivity index (χ2v) is 8.07. The highest BCUT2D eigenvalue weighted by Gasteiger charge is 2.29. The molecule has 0 aliphatic carbocycles. The zero-order valence-corrected chi connectivity index (χ0v) is 13.9. The number of carbonyl (C=O) groups is 1. The van der Waals surface area contributed by atoms with Crippen molar-refractivity contribution in [2.75, 3.05) is 18.8 Å². The quantitative estimate of drug-likeness (QED) is 0.851. The van der Waals surface area contributed by atoms with Gasteiger partial charge in [0.05, 0.1) is 5.51 Å². The summed E-state index contributed by atoms with van der Waals surface area (Å²) in [6, 6.07) is 0. The Kier molecular flexibility index (Phi) is 5.32. The van der Waals surface area contributed by atoms with Gasteiger partial charge in [-0.2, -0.15) is 11.8 Å². The molecule has 4 nitrogen and oxygen atoms in total. The van der Waals surface area contributed by atoms with Gasteiger partial charge in [0.25, 0.3) is 0 Å². The van der Waals surface area contributed by atoms with E-state index in [1.165, 1.54) is 4.88 Å². The number of hydrogen-bond donors (Lipinski definition) is 0. The maximum Gasteiger partial charge on any atom is 0.410 e. The van der Waals surface area contributed by atoms with Gasteiger partial charge in [-0.05, 0) is 38.9 Å². The first-order valence-electron chi connectivity index (χ1n) is 6.87. The number of carbonyl (C=O) groups excluding carboxylic acids is 1. The SMILES string of the molecule is CC(C)(C)OC(=O)N1CC[C@H](CSCc2cncs2)C1. The monoisotopic (exact) mass is 314 g/mol. The lowest BCUT2D eigenvalue weighted by Gasteiger charge is -2.24. The molecule has 6 heteroatoms. The van der Waals surface area contributed by atoms with Crippen molar-refractivity contribution in [1.29, 1.82) is 0 Å². The zero-order valence-electron chi connectivity index (χ0n) is 12.3. The molecule has 0 spiro atoms. The van der Waals surface area contributed by atoms with Crippen LogP contribution in [0.4, 0.5) is 4.79 Å². The van der Waals surface area contributed by atoms with E-state index in [0.717, 1.165) is 31.0 Å². The lowest BCUT2D eigenvalue weighted by atomic mass is 10.2. The van der Waals surface area contributed by atoms with Gasteiger partial charge in [0.2, 0.25) is 0 Å². The molecule has 112 valence electrons. The summed E-state index contributed by atoms with van der Waals surface area (Å²) >= 11 is 3.63. The molecular weight excluding hydrogens is 292 g/mol. The van der Waals surface area contributed by atoms with Gasteiger partial charge in [-0.1, -0.05) is 0 Å². The van der Waals surface area contributed by atoms with Crippen LogP contribution in [0.5, 0.6) is 0 Å². The number of thiazole rings is 1. The van der Waals surface area contributed by atoms with E-state index in [0.29, 0.717) is 5.92 Å². The van der Waals surface area contributed by atoms with Crippen LogP contribution >= 0.6 is 23.1 Å². The van der Waals surface area contributed by atoms with E-state index in [2.05, 4.69) is 4.98 Å². The minimum atomic E-state index is -0.407. The molecule has 0 bridgehead atoms. The summed E-state index contributed by atoms with van der Waals surface area (Å²) < 4.78 is 5.41. The number of ether oxygens (including phenoxy) is 1. The van der Waals surface area contributed by atoms with Crippen LogP contribution in [0.1, 0.15) is 32.1 Å². The third-order valence-electron chi connectivity index (χ3n) is 3.02. The third-order valence-corrected chi connectivity index (χ3v) is 5.20. The van der Waals surface area contributed by atoms with E-state index < -0.39 is 5.60 Å². The van der Waals surface area contributed by atoms with Gasteiger partial charge in [0, 0.05) is 29.9 Å². The lowest BCUT2D eigenvalue weighted by molar-refractivity contribution is 0.0289. The molecule has 0 unspecified atom stereocenters. The number of amides is 1. The third kappa shape index (κ3) is 4.98. The van der Waals surface area contributed by atoms with E-state index in [9.17, 15) is 4.79 Å². The fraction of sp³-hybridized carbons (Fsp3) is 0.714. The summed E-state index contributed by atoms with van der Waals surface area (Å²) in [5.41, 5.74) is 1.46. The Balaban J connectivity index is 1.68. The molecule has 1 saturated heterocycles. The number of aromatic nitrogens is 1. The summed E-state index contributed by atoms with van der Waals surface area (Å²) in [5.74, 6) is 2.70. The Morgan fingerprint density at radius 2 is 2.40 bits per heavy atom. The minimum Gasteiger partial charge on any atom is -0.444 e. The number of rotatable bonds is 4. The Morgan fingerprint density at radius 1 is 1.60 bits per heavy atom. The fourth-order valence-corrected chi connectivity index (χ4v) is 4.00. The molecule has 2 heterocycles. The van der Waals surface area contributed by atoms with E-state index in [1.54, 1.807) is 11.3 Å². The van der Waals surface area contributed by atoms with Crippen LogP contribution in [0.3, 0.4) is 0 Å². The van der Waals surface area contributed by atoms with Crippen LogP contribution in [-0.4, -0.2) is 40.4 Å². The van der Waals surface area contributed by atoms with Crippen molar-refractivity contribution in [2.45, 2.75) is 38.5 Å². The predicted molar refractivity (Wildman–Crippen MR) is 84.2 cm³/mol. The molecule has 20 heavy (non-hydrogen) atoms. The maximum atomic E-state index is 12.0. The van der Waals surface area contributed by atoms with Crippen LogP contribution < -0.4 is 0 Å². The van der Waals surface area contributed by atoms with Crippen molar-refractivity contribution in [2.24, 2.45) is 5.92 Å². The Bertz CT molecular complexity index is 429. The van der Waals surface area contributed by atoms with Gasteiger partial charge < -0.3 is 9.64 Å². The van der Waals surface area contributed by atoms with Crippen molar-refractivity contribution in [3.8, 4) is 0 Å². The van der Waals surface area contributed by atoms with Crippen LogP contribution in [0.25, 0.3) is 0 Å². The van der Waals surface area contributed by atoms with Crippen molar-refractivity contribution in [1.82, 2.24) is 9.88 Å². The second-order valence-electron chi connectivity index (χ2n) is 6.06. The molecule has 1 amide bonds. The number of likely N-dealkylation sites (tertiary alicyclic amines) is 1. The molecule has 0 radical (unpaired) electrons. The second kappa shape index (κ2) is 6.80. The van der Waals surface area contributed by atoms with Crippen molar-refractivity contribution in [3.63, 3.8) is 0 Å². The summed E-state index contributed by atoms with van der Waals surface area (Å²) in [5, 5.41) is 0. The molecule has 1 aliphatic rings. The van der Waals surface area contributed by atoms with E-state index in [-0.39, 0.29) is 6.09 Å². The number of thioether (sulfide) groups is 1. The molecule has 2 rings (SSSR count).